The number of benzene rings is 1. The van der Waals surface area contributed by atoms with E-state index in [1.165, 1.54) is 11.1 Å². The fourth-order valence-corrected chi connectivity index (χ4v) is 2.15. The van der Waals surface area contributed by atoms with Crippen LogP contribution in [0.1, 0.15) is 50.4 Å². The monoisotopic (exact) mass is 284 g/mol. The Balaban J connectivity index is 2.31. The molecule has 0 saturated carbocycles. The molecule has 0 aliphatic carbocycles. The van der Waals surface area contributed by atoms with Crippen molar-refractivity contribution in [2.75, 3.05) is 0 Å². The molecule has 1 heterocycles. The number of aryl methyl sites for hydroxylation is 1. The first-order chi connectivity index (χ1) is 9.77. The van der Waals surface area contributed by atoms with E-state index in [1.54, 1.807) is 6.20 Å². The highest BCUT2D eigenvalue weighted by atomic mass is 16.5. The largest absolute Gasteiger partial charge is 0.439 e. The first kappa shape index (κ1) is 15.5. The molecule has 2 N–H and O–H groups in total. The summed E-state index contributed by atoms with van der Waals surface area (Å²) in [5.41, 5.74) is 9.27. The summed E-state index contributed by atoms with van der Waals surface area (Å²) in [5.74, 6) is 1.45. The lowest BCUT2D eigenvalue weighted by Gasteiger charge is -2.23. The van der Waals surface area contributed by atoms with Crippen molar-refractivity contribution >= 4 is 0 Å². The van der Waals surface area contributed by atoms with Crippen molar-refractivity contribution in [2.24, 2.45) is 5.73 Å². The summed E-state index contributed by atoms with van der Waals surface area (Å²) >= 11 is 0. The molecule has 3 heteroatoms. The van der Waals surface area contributed by atoms with Gasteiger partial charge < -0.3 is 10.5 Å². The van der Waals surface area contributed by atoms with Gasteiger partial charge in [-0.05, 0) is 30.9 Å². The molecule has 0 saturated heterocycles. The smallest absolute Gasteiger partial charge is 0.219 e. The van der Waals surface area contributed by atoms with Crippen molar-refractivity contribution < 1.29 is 4.74 Å². The third-order valence-electron chi connectivity index (χ3n) is 3.44. The summed E-state index contributed by atoms with van der Waals surface area (Å²) in [5, 5.41) is 0. The zero-order chi connectivity index (χ0) is 15.6. The number of hydrogen-bond acceptors (Lipinski definition) is 3. The molecule has 2 aromatic rings. The molecule has 0 amide bonds. The van der Waals surface area contributed by atoms with E-state index in [4.69, 9.17) is 10.5 Å². The van der Waals surface area contributed by atoms with Crippen molar-refractivity contribution in [3.63, 3.8) is 0 Å². The van der Waals surface area contributed by atoms with Crippen LogP contribution >= 0.6 is 0 Å². The molecule has 0 aliphatic heterocycles. The van der Waals surface area contributed by atoms with Gasteiger partial charge >= 0.3 is 0 Å². The number of ether oxygens (including phenoxy) is 1. The van der Waals surface area contributed by atoms with E-state index in [0.717, 1.165) is 11.3 Å². The topological polar surface area (TPSA) is 48.1 Å². The molecule has 0 spiro atoms. The highest BCUT2D eigenvalue weighted by molar-refractivity contribution is 5.43. The second-order valence-corrected chi connectivity index (χ2v) is 6.57. The lowest BCUT2D eigenvalue weighted by molar-refractivity contribution is 0.439. The zero-order valence-electron chi connectivity index (χ0n) is 13.5. The van der Waals surface area contributed by atoms with Crippen molar-refractivity contribution in [3.05, 3.63) is 53.2 Å². The molecule has 0 bridgehead atoms. The van der Waals surface area contributed by atoms with Gasteiger partial charge in [-0.3, -0.25) is 0 Å². The Morgan fingerprint density at radius 3 is 2.38 bits per heavy atom. The van der Waals surface area contributed by atoms with Gasteiger partial charge in [0.05, 0.1) is 0 Å². The first-order valence-corrected chi connectivity index (χ1v) is 7.28. The van der Waals surface area contributed by atoms with Gasteiger partial charge in [0, 0.05) is 23.9 Å². The maximum absolute atomic E-state index is 5.97. The summed E-state index contributed by atoms with van der Waals surface area (Å²) in [6.07, 6.45) is 1.77. The maximum Gasteiger partial charge on any atom is 0.219 e. The number of aromatic nitrogens is 1. The van der Waals surface area contributed by atoms with Crippen LogP contribution in [0.2, 0.25) is 0 Å². The lowest BCUT2D eigenvalue weighted by atomic mass is 9.85. The number of pyridine rings is 1. The fraction of sp³-hybridized carbons (Fsp3) is 0.389. The normalized spacial score (nSPS) is 13.0. The van der Waals surface area contributed by atoms with E-state index in [0.29, 0.717) is 5.88 Å². The minimum Gasteiger partial charge on any atom is -0.439 e. The van der Waals surface area contributed by atoms with Crippen molar-refractivity contribution in [3.8, 4) is 11.6 Å². The second-order valence-electron chi connectivity index (χ2n) is 6.57. The standard InChI is InChI=1S/C18H24N2O/c1-12-6-8-16(15(10-12)18(3,4)5)21-17-9-7-14(11-20-17)13(2)19/h6-11,13H,19H2,1-5H3. The first-order valence-electron chi connectivity index (χ1n) is 7.28. The van der Waals surface area contributed by atoms with Crippen molar-refractivity contribution in [1.29, 1.82) is 0 Å². The molecule has 3 nitrogen and oxygen atoms in total. The molecular formula is C18H24N2O. The second kappa shape index (κ2) is 5.86. The predicted octanol–water partition coefficient (Wildman–Crippen LogP) is 4.50. The molecule has 0 aliphatic rings. The van der Waals surface area contributed by atoms with Gasteiger partial charge in [-0.1, -0.05) is 44.5 Å². The Bertz CT molecular complexity index is 610. The van der Waals surface area contributed by atoms with E-state index in [-0.39, 0.29) is 11.5 Å². The molecule has 0 fully saturated rings. The summed E-state index contributed by atoms with van der Waals surface area (Å²) < 4.78 is 5.97. The Hall–Kier alpha value is -1.87. The molecule has 112 valence electrons. The van der Waals surface area contributed by atoms with Gasteiger partial charge in [-0.15, -0.1) is 0 Å². The van der Waals surface area contributed by atoms with Crippen molar-refractivity contribution in [2.45, 2.75) is 46.1 Å². The highest BCUT2D eigenvalue weighted by Crippen LogP contribution is 2.34. The van der Waals surface area contributed by atoms with E-state index in [2.05, 4.69) is 44.8 Å². The Labute approximate surface area is 127 Å². The van der Waals surface area contributed by atoms with Gasteiger partial charge in [0.25, 0.3) is 0 Å². The van der Waals surface area contributed by atoms with Crippen LogP contribution in [0.3, 0.4) is 0 Å². The minimum atomic E-state index is -0.0175. The van der Waals surface area contributed by atoms with Gasteiger partial charge in [0.1, 0.15) is 5.75 Å². The number of nitrogens with two attached hydrogens (primary N) is 1. The molecule has 1 unspecified atom stereocenters. The number of hydrogen-bond donors (Lipinski definition) is 1. The quantitative estimate of drug-likeness (QED) is 0.902. The van der Waals surface area contributed by atoms with Crippen LogP contribution < -0.4 is 10.5 Å². The third-order valence-corrected chi connectivity index (χ3v) is 3.44. The molecule has 1 atom stereocenters. The van der Waals surface area contributed by atoms with Gasteiger partial charge in [-0.2, -0.15) is 0 Å². The van der Waals surface area contributed by atoms with Crippen LogP contribution in [-0.2, 0) is 5.41 Å². The molecule has 2 rings (SSSR count). The zero-order valence-corrected chi connectivity index (χ0v) is 13.5. The summed E-state index contributed by atoms with van der Waals surface area (Å²) in [4.78, 5) is 4.34. The molecule has 21 heavy (non-hydrogen) atoms. The van der Waals surface area contributed by atoms with E-state index < -0.39 is 0 Å². The van der Waals surface area contributed by atoms with Crippen LogP contribution in [0.15, 0.2) is 36.5 Å². The number of nitrogens with zero attached hydrogens (tertiary/aromatic N) is 1. The Morgan fingerprint density at radius 1 is 1.14 bits per heavy atom. The van der Waals surface area contributed by atoms with Crippen molar-refractivity contribution in [1.82, 2.24) is 4.98 Å². The lowest BCUT2D eigenvalue weighted by Crippen LogP contribution is -2.13. The molecule has 1 aromatic carbocycles. The number of rotatable bonds is 3. The van der Waals surface area contributed by atoms with Crippen LogP contribution in [-0.4, -0.2) is 4.98 Å². The molecule has 1 aromatic heterocycles. The van der Waals surface area contributed by atoms with Crippen LogP contribution in [0.4, 0.5) is 0 Å². The minimum absolute atomic E-state index is 0.0175. The Kier molecular flexibility index (Phi) is 4.33. The highest BCUT2D eigenvalue weighted by Gasteiger charge is 2.19. The Morgan fingerprint density at radius 2 is 1.86 bits per heavy atom. The van der Waals surface area contributed by atoms with Crippen LogP contribution in [0.5, 0.6) is 11.6 Å². The maximum atomic E-state index is 5.97. The molecular weight excluding hydrogens is 260 g/mol. The van der Waals surface area contributed by atoms with E-state index in [1.807, 2.05) is 25.1 Å². The average Bonchev–Trinajstić information content (AvgIpc) is 2.40. The van der Waals surface area contributed by atoms with Crippen LogP contribution in [0, 0.1) is 6.92 Å². The van der Waals surface area contributed by atoms with Crippen LogP contribution in [0.25, 0.3) is 0 Å². The summed E-state index contributed by atoms with van der Waals surface area (Å²) in [6, 6.07) is 10.0. The van der Waals surface area contributed by atoms with Gasteiger partial charge in [0.15, 0.2) is 0 Å². The van der Waals surface area contributed by atoms with E-state index in [9.17, 15) is 0 Å². The van der Waals surface area contributed by atoms with Gasteiger partial charge in [0.2, 0.25) is 5.88 Å². The summed E-state index contributed by atoms with van der Waals surface area (Å²) in [7, 11) is 0. The molecule has 0 radical (unpaired) electrons. The predicted molar refractivity (Wildman–Crippen MR) is 86.8 cm³/mol. The summed E-state index contributed by atoms with van der Waals surface area (Å²) in [6.45, 7) is 10.6. The van der Waals surface area contributed by atoms with E-state index >= 15 is 0 Å². The van der Waals surface area contributed by atoms with Gasteiger partial charge in [-0.25, -0.2) is 4.98 Å². The SMILES string of the molecule is Cc1ccc(Oc2ccc(C(C)N)cn2)c(C(C)(C)C)c1. The fourth-order valence-electron chi connectivity index (χ4n) is 2.15. The third kappa shape index (κ3) is 3.82. The average molecular weight is 284 g/mol.